The molecule has 0 aliphatic carbocycles. The number of hydrogen-bond acceptors (Lipinski definition) is 4. The first-order valence-electron chi connectivity index (χ1n) is 18.2. The molecule has 0 radical (unpaired) electrons. The number of benzene rings is 9. The SMILES string of the molecule is c1ccc2c(c1)oc1c2cc(-c2ccc(-c3cc4c5ccccc5oc4c4ccc5c6ccccc6sc5c34)cc2)c2c1ccc1c3ccccc3sc12. The van der Waals surface area contributed by atoms with E-state index >= 15 is 0 Å². The Hall–Kier alpha value is -6.46. The summed E-state index contributed by atoms with van der Waals surface area (Å²) in [5.74, 6) is 0. The Morgan fingerprint density at radius 3 is 1.17 bits per heavy atom. The zero-order chi connectivity index (χ0) is 35.1. The maximum atomic E-state index is 6.61. The fourth-order valence-corrected chi connectivity index (χ4v) is 11.6. The molecule has 4 aromatic heterocycles. The molecule has 4 heteroatoms. The maximum Gasteiger partial charge on any atom is 0.143 e. The second kappa shape index (κ2) is 10.6. The van der Waals surface area contributed by atoms with Crippen LogP contribution in [0.3, 0.4) is 0 Å². The van der Waals surface area contributed by atoms with Crippen LogP contribution in [0.15, 0.2) is 167 Å². The minimum absolute atomic E-state index is 0.916. The van der Waals surface area contributed by atoms with Crippen LogP contribution in [0.2, 0.25) is 0 Å². The highest BCUT2D eigenvalue weighted by Crippen LogP contribution is 2.49. The van der Waals surface area contributed by atoms with Crippen molar-refractivity contribution in [3.05, 3.63) is 158 Å². The quantitative estimate of drug-likeness (QED) is 0.178. The fraction of sp³-hybridized carbons (Fsp3) is 0. The normalized spacial score (nSPS) is 12.4. The van der Waals surface area contributed by atoms with E-state index in [0.29, 0.717) is 0 Å². The lowest BCUT2D eigenvalue weighted by Gasteiger charge is -2.13. The van der Waals surface area contributed by atoms with Crippen molar-refractivity contribution in [3.8, 4) is 22.3 Å². The average molecular weight is 723 g/mol. The molecule has 13 aromatic rings. The second-order valence-corrected chi connectivity index (χ2v) is 16.4. The molecule has 0 unspecified atom stereocenters. The number of para-hydroxylation sites is 2. The predicted molar refractivity (Wildman–Crippen MR) is 233 cm³/mol. The highest BCUT2D eigenvalue weighted by Gasteiger charge is 2.21. The molecular formula is C50H26O2S2. The van der Waals surface area contributed by atoms with E-state index in [0.717, 1.165) is 54.6 Å². The zero-order valence-electron chi connectivity index (χ0n) is 28.6. The zero-order valence-corrected chi connectivity index (χ0v) is 30.3. The number of thiophene rings is 2. The molecule has 13 rings (SSSR count). The lowest BCUT2D eigenvalue weighted by atomic mass is 9.91. The summed E-state index contributed by atoms with van der Waals surface area (Å²) >= 11 is 3.75. The van der Waals surface area contributed by atoms with Crippen LogP contribution in [-0.4, -0.2) is 0 Å². The highest BCUT2D eigenvalue weighted by molar-refractivity contribution is 7.27. The maximum absolute atomic E-state index is 6.61. The molecule has 9 aromatic carbocycles. The van der Waals surface area contributed by atoms with Gasteiger partial charge >= 0.3 is 0 Å². The molecule has 4 heterocycles. The van der Waals surface area contributed by atoms with E-state index in [1.165, 1.54) is 73.4 Å². The first-order chi connectivity index (χ1) is 26.8. The van der Waals surface area contributed by atoms with Crippen LogP contribution in [0.4, 0.5) is 0 Å². The summed E-state index contributed by atoms with van der Waals surface area (Å²) in [6.07, 6.45) is 0. The Bertz CT molecular complexity index is 3460. The molecule has 0 fully saturated rings. The van der Waals surface area contributed by atoms with E-state index in [1.54, 1.807) is 0 Å². The molecular weight excluding hydrogens is 697 g/mol. The van der Waals surface area contributed by atoms with Crippen molar-refractivity contribution in [2.45, 2.75) is 0 Å². The Morgan fingerprint density at radius 2 is 0.704 bits per heavy atom. The van der Waals surface area contributed by atoms with Crippen LogP contribution >= 0.6 is 22.7 Å². The van der Waals surface area contributed by atoms with E-state index in [4.69, 9.17) is 8.83 Å². The molecule has 0 aliphatic rings. The van der Waals surface area contributed by atoms with Gasteiger partial charge in [-0.25, -0.2) is 0 Å². The molecule has 0 amide bonds. The Balaban J connectivity index is 1.11. The van der Waals surface area contributed by atoms with Gasteiger partial charge in [0.05, 0.1) is 0 Å². The van der Waals surface area contributed by atoms with E-state index in [9.17, 15) is 0 Å². The lowest BCUT2D eigenvalue weighted by molar-refractivity contribution is 0.672. The van der Waals surface area contributed by atoms with Crippen LogP contribution < -0.4 is 0 Å². The Labute approximate surface area is 315 Å². The van der Waals surface area contributed by atoms with Gasteiger partial charge in [0.2, 0.25) is 0 Å². The number of fused-ring (bicyclic) bond motifs is 18. The van der Waals surface area contributed by atoms with Crippen molar-refractivity contribution in [1.82, 2.24) is 0 Å². The van der Waals surface area contributed by atoms with E-state index in [-0.39, 0.29) is 0 Å². The third kappa shape index (κ3) is 3.83. The van der Waals surface area contributed by atoms with Gasteiger partial charge in [-0.1, -0.05) is 109 Å². The third-order valence-electron chi connectivity index (χ3n) is 11.5. The van der Waals surface area contributed by atoms with Gasteiger partial charge in [0, 0.05) is 83.4 Å². The van der Waals surface area contributed by atoms with Crippen molar-refractivity contribution < 1.29 is 8.83 Å². The first kappa shape index (κ1) is 29.0. The van der Waals surface area contributed by atoms with E-state index < -0.39 is 0 Å². The summed E-state index contributed by atoms with van der Waals surface area (Å²) in [6, 6.07) is 57.4. The van der Waals surface area contributed by atoms with Gasteiger partial charge in [-0.3, -0.25) is 0 Å². The highest BCUT2D eigenvalue weighted by atomic mass is 32.1. The van der Waals surface area contributed by atoms with Gasteiger partial charge in [0.15, 0.2) is 0 Å². The predicted octanol–water partition coefficient (Wildman–Crippen LogP) is 15.9. The molecule has 0 N–H and O–H groups in total. The standard InChI is InChI=1S/C50H26O2S2/c1-5-13-41-29(9-1)39-25-37(45-35(47(39)51-41)23-21-33-31-11-3-7-15-43(31)53-49(33)45)27-17-19-28(20-18-27)38-26-40-30-10-2-6-14-42(30)52-48(40)36-24-22-34-32-12-4-8-16-44(32)54-50(34)46(36)38/h1-26H. The summed E-state index contributed by atoms with van der Waals surface area (Å²) in [4.78, 5) is 0. The molecule has 0 atom stereocenters. The van der Waals surface area contributed by atoms with Crippen molar-refractivity contribution in [1.29, 1.82) is 0 Å². The number of rotatable bonds is 2. The lowest BCUT2D eigenvalue weighted by Crippen LogP contribution is -1.87. The summed E-state index contributed by atoms with van der Waals surface area (Å²) < 4.78 is 18.4. The van der Waals surface area contributed by atoms with Gasteiger partial charge in [-0.2, -0.15) is 0 Å². The minimum Gasteiger partial charge on any atom is -0.455 e. The molecule has 0 saturated carbocycles. The van der Waals surface area contributed by atoms with Crippen molar-refractivity contribution in [2.24, 2.45) is 0 Å². The molecule has 0 saturated heterocycles. The molecule has 2 nitrogen and oxygen atoms in total. The van der Waals surface area contributed by atoms with E-state index in [1.807, 2.05) is 22.7 Å². The largest absolute Gasteiger partial charge is 0.455 e. The summed E-state index contributed by atoms with van der Waals surface area (Å²) in [5.41, 5.74) is 8.55. The monoisotopic (exact) mass is 722 g/mol. The minimum atomic E-state index is 0.916. The van der Waals surface area contributed by atoms with Gasteiger partial charge in [-0.15, -0.1) is 22.7 Å². The fourth-order valence-electron chi connectivity index (χ4n) is 9.03. The Kier molecular flexibility index (Phi) is 5.69. The van der Waals surface area contributed by atoms with Crippen molar-refractivity contribution >= 4 is 128 Å². The topological polar surface area (TPSA) is 26.3 Å². The number of hydrogen-bond donors (Lipinski definition) is 0. The van der Waals surface area contributed by atoms with Crippen LogP contribution in [0.25, 0.3) is 128 Å². The van der Waals surface area contributed by atoms with Gasteiger partial charge < -0.3 is 8.83 Å². The summed E-state index contributed by atoms with van der Waals surface area (Å²) in [5, 5.41) is 14.5. The van der Waals surface area contributed by atoms with Crippen molar-refractivity contribution in [2.75, 3.05) is 0 Å². The Morgan fingerprint density at radius 1 is 0.315 bits per heavy atom. The van der Waals surface area contributed by atoms with Crippen LogP contribution in [0.5, 0.6) is 0 Å². The first-order valence-corrected chi connectivity index (χ1v) is 19.9. The van der Waals surface area contributed by atoms with Gasteiger partial charge in [-0.05, 0) is 70.8 Å². The van der Waals surface area contributed by atoms with Crippen LogP contribution in [-0.2, 0) is 0 Å². The molecule has 0 spiro atoms. The molecule has 250 valence electrons. The average Bonchev–Trinajstić information content (AvgIpc) is 4.00. The second-order valence-electron chi connectivity index (χ2n) is 14.3. The van der Waals surface area contributed by atoms with Gasteiger partial charge in [0.1, 0.15) is 22.3 Å². The smallest absolute Gasteiger partial charge is 0.143 e. The summed E-state index contributed by atoms with van der Waals surface area (Å²) in [7, 11) is 0. The van der Waals surface area contributed by atoms with Crippen LogP contribution in [0.1, 0.15) is 0 Å². The van der Waals surface area contributed by atoms with Gasteiger partial charge in [0.25, 0.3) is 0 Å². The molecule has 54 heavy (non-hydrogen) atoms. The summed E-state index contributed by atoms with van der Waals surface area (Å²) in [6.45, 7) is 0. The van der Waals surface area contributed by atoms with Crippen molar-refractivity contribution in [3.63, 3.8) is 0 Å². The third-order valence-corrected chi connectivity index (χ3v) is 13.9. The number of furan rings is 2. The van der Waals surface area contributed by atoms with Crippen LogP contribution in [0, 0.1) is 0 Å². The molecule has 0 bridgehead atoms. The van der Waals surface area contributed by atoms with E-state index in [2.05, 4.69) is 158 Å². The molecule has 0 aliphatic heterocycles.